The van der Waals surface area contributed by atoms with Crippen molar-refractivity contribution >= 4 is 23.6 Å². The molecule has 0 spiro atoms. The molecular formula is C18H23ClO4. The first-order valence-electron chi connectivity index (χ1n) is 8.01. The Morgan fingerprint density at radius 2 is 2.26 bits per heavy atom. The van der Waals surface area contributed by atoms with Crippen molar-refractivity contribution in [3.8, 4) is 0 Å². The van der Waals surface area contributed by atoms with Crippen molar-refractivity contribution < 1.29 is 19.0 Å². The number of rotatable bonds is 9. The zero-order valence-corrected chi connectivity index (χ0v) is 14.3. The third kappa shape index (κ3) is 5.98. The normalized spacial score (nSPS) is 18.1. The maximum absolute atomic E-state index is 11.5. The molecule has 0 radical (unpaired) electrons. The number of esters is 1. The largest absolute Gasteiger partial charge is 0.463 e. The maximum Gasteiger partial charge on any atom is 0.330 e. The molecule has 4 nitrogen and oxygen atoms in total. The van der Waals surface area contributed by atoms with Crippen molar-refractivity contribution in [1.29, 1.82) is 0 Å². The monoisotopic (exact) mass is 338 g/mol. The first-order valence-corrected chi connectivity index (χ1v) is 8.39. The molecule has 0 aliphatic carbocycles. The van der Waals surface area contributed by atoms with Gasteiger partial charge in [0.2, 0.25) is 0 Å². The number of ether oxygens (including phenoxy) is 3. The average molecular weight is 339 g/mol. The molecule has 0 N–H and O–H groups in total. The van der Waals surface area contributed by atoms with Crippen LogP contribution >= 0.6 is 11.6 Å². The zero-order valence-electron chi connectivity index (χ0n) is 13.6. The molecule has 0 amide bonds. The van der Waals surface area contributed by atoms with Crippen molar-refractivity contribution in [2.45, 2.75) is 38.9 Å². The number of hydrogen-bond donors (Lipinski definition) is 0. The lowest BCUT2D eigenvalue weighted by Gasteiger charge is -2.20. The molecule has 1 heterocycles. The van der Waals surface area contributed by atoms with Crippen LogP contribution in [0, 0.1) is 0 Å². The van der Waals surface area contributed by atoms with E-state index in [1.807, 2.05) is 18.2 Å². The van der Waals surface area contributed by atoms with Crippen LogP contribution in [0.15, 0.2) is 24.3 Å². The Kier molecular flexibility index (Phi) is 7.09. The number of epoxide rings is 1. The molecule has 1 fully saturated rings. The van der Waals surface area contributed by atoms with Gasteiger partial charge in [0.25, 0.3) is 0 Å². The van der Waals surface area contributed by atoms with Crippen molar-refractivity contribution in [1.82, 2.24) is 0 Å². The minimum atomic E-state index is -0.354. The lowest BCUT2D eigenvalue weighted by Crippen LogP contribution is -2.10. The van der Waals surface area contributed by atoms with Crippen LogP contribution < -0.4 is 0 Å². The van der Waals surface area contributed by atoms with Crippen LogP contribution in [0.3, 0.4) is 0 Å². The van der Waals surface area contributed by atoms with Crippen molar-refractivity contribution in [2.24, 2.45) is 0 Å². The highest BCUT2D eigenvalue weighted by molar-refractivity contribution is 6.30. The Morgan fingerprint density at radius 3 is 2.91 bits per heavy atom. The Morgan fingerprint density at radius 1 is 1.48 bits per heavy atom. The van der Waals surface area contributed by atoms with Gasteiger partial charge in [-0.25, -0.2) is 4.79 Å². The first kappa shape index (κ1) is 18.0. The van der Waals surface area contributed by atoms with E-state index in [0.717, 1.165) is 30.6 Å². The van der Waals surface area contributed by atoms with Gasteiger partial charge in [-0.05, 0) is 42.7 Å². The van der Waals surface area contributed by atoms with Gasteiger partial charge in [-0.15, -0.1) is 0 Å². The molecule has 1 aromatic rings. The van der Waals surface area contributed by atoms with E-state index in [9.17, 15) is 4.79 Å². The Labute approximate surface area is 142 Å². The number of halogens is 1. The van der Waals surface area contributed by atoms with Crippen LogP contribution in [0.25, 0.3) is 6.08 Å². The molecule has 2 atom stereocenters. The van der Waals surface area contributed by atoms with Crippen LogP contribution in [0.2, 0.25) is 5.02 Å². The first-order chi connectivity index (χ1) is 11.1. The summed E-state index contributed by atoms with van der Waals surface area (Å²) in [5.74, 6) is -0.354. The Bertz CT molecular complexity index is 552. The van der Waals surface area contributed by atoms with E-state index in [1.165, 1.54) is 6.08 Å². The van der Waals surface area contributed by atoms with Gasteiger partial charge >= 0.3 is 5.97 Å². The maximum atomic E-state index is 11.5. The van der Waals surface area contributed by atoms with Crippen molar-refractivity contribution in [3.63, 3.8) is 0 Å². The van der Waals surface area contributed by atoms with Crippen molar-refractivity contribution in [2.75, 3.05) is 19.8 Å². The fourth-order valence-electron chi connectivity index (χ4n) is 2.30. The lowest BCUT2D eigenvalue weighted by molar-refractivity contribution is -0.137. The summed E-state index contributed by atoms with van der Waals surface area (Å²) in [6.45, 7) is 5.61. The number of carbonyl (C=O) groups excluding carboxylic acids is 1. The average Bonchev–Trinajstić information content (AvgIpc) is 3.35. The molecule has 126 valence electrons. The molecule has 1 unspecified atom stereocenters. The Balaban J connectivity index is 2.18. The minimum absolute atomic E-state index is 0.0651. The van der Waals surface area contributed by atoms with Crippen LogP contribution in [0.5, 0.6) is 0 Å². The number of hydrogen-bond acceptors (Lipinski definition) is 4. The molecule has 1 aliphatic heterocycles. The van der Waals surface area contributed by atoms with Gasteiger partial charge in [0.15, 0.2) is 0 Å². The SMILES string of the molecule is CCC[C@@H](OCC1CO1)c1cc(Cl)ccc1C=CC(=O)OCC. The summed E-state index contributed by atoms with van der Waals surface area (Å²) in [5, 5.41) is 0.653. The summed E-state index contributed by atoms with van der Waals surface area (Å²) in [4.78, 5) is 11.5. The van der Waals surface area contributed by atoms with Gasteiger partial charge < -0.3 is 14.2 Å². The molecule has 0 bridgehead atoms. The van der Waals surface area contributed by atoms with Gasteiger partial charge in [-0.3, -0.25) is 0 Å². The standard InChI is InChI=1S/C18H23ClO4/c1-3-5-17(23-12-15-11-22-15)16-10-14(19)8-6-13(16)7-9-18(20)21-4-2/h6-10,15,17H,3-5,11-12H2,1-2H3/t15?,17-/m1/s1. The van der Waals surface area contributed by atoms with Gasteiger partial charge in [0, 0.05) is 11.1 Å². The smallest absolute Gasteiger partial charge is 0.330 e. The third-order valence-electron chi connectivity index (χ3n) is 3.52. The van der Waals surface area contributed by atoms with Gasteiger partial charge in [-0.2, -0.15) is 0 Å². The molecular weight excluding hydrogens is 316 g/mol. The second-order valence-electron chi connectivity index (χ2n) is 5.42. The summed E-state index contributed by atoms with van der Waals surface area (Å²) >= 11 is 6.15. The van der Waals surface area contributed by atoms with E-state index in [4.69, 9.17) is 25.8 Å². The highest BCUT2D eigenvalue weighted by atomic mass is 35.5. The summed E-state index contributed by atoms with van der Waals surface area (Å²) in [6.07, 6.45) is 5.21. The van der Waals surface area contributed by atoms with Gasteiger partial charge in [0.05, 0.1) is 25.9 Å². The van der Waals surface area contributed by atoms with Crippen LogP contribution in [0.1, 0.15) is 43.9 Å². The van der Waals surface area contributed by atoms with Gasteiger partial charge in [0.1, 0.15) is 6.10 Å². The van der Waals surface area contributed by atoms with Crippen molar-refractivity contribution in [3.05, 3.63) is 40.4 Å². The number of benzene rings is 1. The topological polar surface area (TPSA) is 48.1 Å². The summed E-state index contributed by atoms with van der Waals surface area (Å²) < 4.78 is 16.1. The second-order valence-corrected chi connectivity index (χ2v) is 5.86. The second kappa shape index (κ2) is 9.06. The molecule has 2 rings (SSSR count). The predicted octanol–water partition coefficient (Wildman–Crippen LogP) is 4.17. The summed E-state index contributed by atoms with van der Waals surface area (Å²) in [5.41, 5.74) is 1.90. The molecule has 0 aromatic heterocycles. The fourth-order valence-corrected chi connectivity index (χ4v) is 2.48. The molecule has 1 aliphatic rings. The fraction of sp³-hybridized carbons (Fsp3) is 0.500. The van der Waals surface area contributed by atoms with E-state index in [1.54, 1.807) is 13.0 Å². The van der Waals surface area contributed by atoms with Crippen LogP contribution in [-0.4, -0.2) is 31.9 Å². The Hall–Kier alpha value is -1.36. The van der Waals surface area contributed by atoms with Crippen LogP contribution in [-0.2, 0) is 19.0 Å². The van der Waals surface area contributed by atoms with Gasteiger partial charge in [-0.1, -0.05) is 31.0 Å². The quantitative estimate of drug-likeness (QED) is 0.385. The van der Waals surface area contributed by atoms with E-state index < -0.39 is 0 Å². The van der Waals surface area contributed by atoms with E-state index in [-0.39, 0.29) is 18.2 Å². The summed E-state index contributed by atoms with van der Waals surface area (Å²) in [6, 6.07) is 5.61. The third-order valence-corrected chi connectivity index (χ3v) is 3.75. The van der Waals surface area contributed by atoms with E-state index in [0.29, 0.717) is 18.2 Å². The highest BCUT2D eigenvalue weighted by Crippen LogP contribution is 2.30. The predicted molar refractivity (Wildman–Crippen MR) is 90.5 cm³/mol. The number of carbonyl (C=O) groups is 1. The molecule has 1 saturated heterocycles. The summed E-state index contributed by atoms with van der Waals surface area (Å²) in [7, 11) is 0. The lowest BCUT2D eigenvalue weighted by atomic mass is 9.98. The van der Waals surface area contributed by atoms with E-state index in [2.05, 4.69) is 6.92 Å². The van der Waals surface area contributed by atoms with E-state index >= 15 is 0 Å². The highest BCUT2D eigenvalue weighted by Gasteiger charge is 2.25. The molecule has 0 saturated carbocycles. The molecule has 1 aromatic carbocycles. The zero-order chi connectivity index (χ0) is 16.7. The van der Waals surface area contributed by atoms with Crippen LogP contribution in [0.4, 0.5) is 0 Å². The molecule has 5 heteroatoms. The minimum Gasteiger partial charge on any atom is -0.463 e. The molecule has 23 heavy (non-hydrogen) atoms.